The number of aliphatic hydroxyl groups is 1. The summed E-state index contributed by atoms with van der Waals surface area (Å²) >= 11 is 11.9. The first-order valence-electron chi connectivity index (χ1n) is 8.34. The Labute approximate surface area is 182 Å². The van der Waals surface area contributed by atoms with Gasteiger partial charge in [-0.1, -0.05) is 23.2 Å². The fraction of sp³-hybridized carbons (Fsp3) is 0.235. The molecule has 2 unspecified atom stereocenters. The van der Waals surface area contributed by atoms with Crippen LogP contribution in [0.5, 0.6) is 0 Å². The molecule has 0 amide bonds. The second-order valence-electron chi connectivity index (χ2n) is 6.67. The van der Waals surface area contributed by atoms with Crippen LogP contribution in [0.1, 0.15) is 10.4 Å². The largest absolute Gasteiger partial charge is 0.478 e. The maximum atomic E-state index is 13.5. The van der Waals surface area contributed by atoms with Crippen molar-refractivity contribution < 1.29 is 31.8 Å². The number of carboxylic acid groups (broad SMARTS) is 1. The van der Waals surface area contributed by atoms with E-state index in [1.165, 1.54) is 24.3 Å². The molecule has 9 nitrogen and oxygen atoms in total. The molecule has 1 aliphatic heterocycles. The van der Waals surface area contributed by atoms with E-state index in [0.29, 0.717) is 5.69 Å². The van der Waals surface area contributed by atoms with E-state index in [9.17, 15) is 31.8 Å². The number of nitrogen functional groups attached to an aromatic ring is 1. The maximum absolute atomic E-state index is 13.5. The highest BCUT2D eigenvalue weighted by molar-refractivity contribution is 7.93. The molecule has 2 aromatic rings. The number of halogens is 2. The summed E-state index contributed by atoms with van der Waals surface area (Å²) in [6.45, 7) is 0. The Balaban J connectivity index is 2.24. The van der Waals surface area contributed by atoms with Crippen LogP contribution >= 0.6 is 23.2 Å². The van der Waals surface area contributed by atoms with E-state index < -0.39 is 59.9 Å². The van der Waals surface area contributed by atoms with Gasteiger partial charge in [-0.25, -0.2) is 21.6 Å². The molecule has 2 aromatic carbocycles. The highest BCUT2D eigenvalue weighted by atomic mass is 35.5. The van der Waals surface area contributed by atoms with Gasteiger partial charge in [-0.05, 0) is 36.4 Å². The van der Waals surface area contributed by atoms with Crippen LogP contribution in [-0.4, -0.2) is 56.7 Å². The zero-order chi connectivity index (χ0) is 22.4. The molecular weight excluding hydrogens is 479 g/mol. The number of aliphatic hydroxyl groups excluding tert-OH is 1. The van der Waals surface area contributed by atoms with Crippen LogP contribution in [0.2, 0.25) is 10.0 Å². The molecule has 1 fully saturated rings. The molecule has 1 heterocycles. The molecule has 1 aliphatic rings. The van der Waals surface area contributed by atoms with Gasteiger partial charge in [-0.3, -0.25) is 4.31 Å². The Hall–Kier alpha value is -2.05. The van der Waals surface area contributed by atoms with Crippen LogP contribution < -0.4 is 10.0 Å². The van der Waals surface area contributed by atoms with Crippen molar-refractivity contribution in [2.24, 2.45) is 0 Å². The van der Waals surface area contributed by atoms with E-state index >= 15 is 0 Å². The number of sulfonamides is 1. The molecule has 30 heavy (non-hydrogen) atoms. The smallest absolute Gasteiger partial charge is 0.337 e. The number of hydrogen-bond acceptors (Lipinski definition) is 7. The van der Waals surface area contributed by atoms with Crippen LogP contribution in [0, 0.1) is 0 Å². The highest BCUT2D eigenvalue weighted by Crippen LogP contribution is 2.36. The quantitative estimate of drug-likeness (QED) is 0.529. The molecule has 162 valence electrons. The average Bonchev–Trinajstić information content (AvgIpc) is 2.88. The minimum Gasteiger partial charge on any atom is -0.478 e. The predicted molar refractivity (Wildman–Crippen MR) is 112 cm³/mol. The van der Waals surface area contributed by atoms with Crippen molar-refractivity contribution in [2.75, 3.05) is 21.5 Å². The molecule has 0 saturated carbocycles. The second-order valence-corrected chi connectivity index (χ2v) is 11.4. The van der Waals surface area contributed by atoms with Crippen LogP contribution in [0.3, 0.4) is 0 Å². The molecular formula is C17H16Cl2N2O7S2. The van der Waals surface area contributed by atoms with Crippen molar-refractivity contribution in [3.8, 4) is 0 Å². The van der Waals surface area contributed by atoms with Gasteiger partial charge in [-0.2, -0.15) is 0 Å². The Bertz CT molecular complexity index is 1220. The van der Waals surface area contributed by atoms with Crippen LogP contribution in [0.15, 0.2) is 41.3 Å². The van der Waals surface area contributed by atoms with E-state index in [2.05, 4.69) is 0 Å². The van der Waals surface area contributed by atoms with Crippen LogP contribution in [0.25, 0.3) is 0 Å². The summed E-state index contributed by atoms with van der Waals surface area (Å²) in [4.78, 5) is 10.8. The van der Waals surface area contributed by atoms with Crippen LogP contribution in [0.4, 0.5) is 11.4 Å². The molecule has 3 rings (SSSR count). The Kier molecular flexibility index (Phi) is 5.95. The van der Waals surface area contributed by atoms with Gasteiger partial charge in [0.15, 0.2) is 9.84 Å². The molecule has 0 spiro atoms. The Morgan fingerprint density at radius 1 is 1.10 bits per heavy atom. The zero-order valence-electron chi connectivity index (χ0n) is 15.1. The van der Waals surface area contributed by atoms with E-state index in [0.717, 1.165) is 16.4 Å². The minimum absolute atomic E-state index is 0.0215. The van der Waals surface area contributed by atoms with Gasteiger partial charge in [0.2, 0.25) is 0 Å². The molecule has 4 N–H and O–H groups in total. The number of aromatic carboxylic acids is 1. The van der Waals surface area contributed by atoms with Crippen molar-refractivity contribution >= 4 is 60.4 Å². The van der Waals surface area contributed by atoms with Crippen molar-refractivity contribution in [2.45, 2.75) is 17.0 Å². The maximum Gasteiger partial charge on any atom is 0.337 e. The number of nitrogens with two attached hydrogens (primary N) is 1. The molecule has 1 saturated heterocycles. The summed E-state index contributed by atoms with van der Waals surface area (Å²) < 4.78 is 51.9. The lowest BCUT2D eigenvalue weighted by Gasteiger charge is -2.32. The monoisotopic (exact) mass is 494 g/mol. The van der Waals surface area contributed by atoms with Gasteiger partial charge >= 0.3 is 5.97 Å². The van der Waals surface area contributed by atoms with Gasteiger partial charge < -0.3 is 15.9 Å². The van der Waals surface area contributed by atoms with Gasteiger partial charge in [0, 0.05) is 5.69 Å². The highest BCUT2D eigenvalue weighted by Gasteiger charge is 2.45. The number of benzene rings is 2. The number of carboxylic acids is 1. The second kappa shape index (κ2) is 7.89. The molecule has 2 atom stereocenters. The molecule has 0 bridgehead atoms. The topological polar surface area (TPSA) is 155 Å². The third kappa shape index (κ3) is 4.21. The zero-order valence-corrected chi connectivity index (χ0v) is 18.2. The molecule has 13 heteroatoms. The summed E-state index contributed by atoms with van der Waals surface area (Å²) in [7, 11) is -8.34. The first kappa shape index (κ1) is 22.6. The lowest BCUT2D eigenvalue weighted by Crippen LogP contribution is -2.47. The minimum atomic E-state index is -4.62. The Morgan fingerprint density at radius 3 is 2.20 bits per heavy atom. The number of rotatable bonds is 5. The first-order chi connectivity index (χ1) is 13.8. The first-order valence-corrected chi connectivity index (χ1v) is 12.4. The van der Waals surface area contributed by atoms with Crippen molar-refractivity contribution in [1.82, 2.24) is 0 Å². The van der Waals surface area contributed by atoms with Crippen molar-refractivity contribution in [1.29, 1.82) is 0 Å². The van der Waals surface area contributed by atoms with Crippen molar-refractivity contribution in [3.63, 3.8) is 0 Å². The number of hydrogen-bond donors (Lipinski definition) is 3. The Morgan fingerprint density at radius 2 is 1.70 bits per heavy atom. The van der Waals surface area contributed by atoms with E-state index in [1.54, 1.807) is 0 Å². The summed E-state index contributed by atoms with van der Waals surface area (Å²) in [5.41, 5.74) is 5.50. The van der Waals surface area contributed by atoms with E-state index in [1.807, 2.05) is 0 Å². The fourth-order valence-corrected chi connectivity index (χ4v) is 7.54. The standard InChI is InChI=1S/C17H16Cl2N2O7S2/c18-12-6-13(19)16(5-11(12)17(23)24)30(27,28)21(10-3-1-9(20)2-4-10)14-7-29(25,26)8-15(14)22/h1-6,14-15,22H,7-8,20H2,(H,23,24). The number of sulfone groups is 1. The predicted octanol–water partition coefficient (Wildman–Crippen LogP) is 1.63. The summed E-state index contributed by atoms with van der Waals surface area (Å²) in [6, 6.07) is 5.90. The van der Waals surface area contributed by atoms with Gasteiger partial charge in [-0.15, -0.1) is 0 Å². The molecule has 0 aliphatic carbocycles. The number of nitrogens with zero attached hydrogens (tertiary/aromatic N) is 1. The average molecular weight is 495 g/mol. The third-order valence-corrected chi connectivity index (χ3v) is 8.86. The summed E-state index contributed by atoms with van der Waals surface area (Å²) in [5, 5.41) is 19.0. The molecule has 0 aromatic heterocycles. The summed E-state index contributed by atoms with van der Waals surface area (Å²) in [6.07, 6.45) is -1.51. The van der Waals surface area contributed by atoms with E-state index in [-0.39, 0.29) is 15.7 Å². The van der Waals surface area contributed by atoms with Gasteiger partial charge in [0.05, 0.1) is 44.9 Å². The van der Waals surface area contributed by atoms with E-state index in [4.69, 9.17) is 28.9 Å². The van der Waals surface area contributed by atoms with Gasteiger partial charge in [0.1, 0.15) is 4.90 Å². The van der Waals surface area contributed by atoms with Crippen LogP contribution in [-0.2, 0) is 19.9 Å². The van der Waals surface area contributed by atoms with Gasteiger partial charge in [0.25, 0.3) is 10.0 Å². The number of anilines is 2. The number of carbonyl (C=O) groups is 1. The fourth-order valence-electron chi connectivity index (χ4n) is 3.16. The molecule has 0 radical (unpaired) electrons. The SMILES string of the molecule is Nc1ccc(N(C2CS(=O)(=O)CC2O)S(=O)(=O)c2cc(C(=O)O)c(Cl)cc2Cl)cc1. The lowest BCUT2D eigenvalue weighted by atomic mass is 10.2. The lowest BCUT2D eigenvalue weighted by molar-refractivity contribution is 0.0696. The summed E-state index contributed by atoms with van der Waals surface area (Å²) in [5.74, 6) is -2.72. The normalized spacial score (nSPS) is 20.8. The van der Waals surface area contributed by atoms with Crippen molar-refractivity contribution in [3.05, 3.63) is 52.0 Å². The third-order valence-electron chi connectivity index (χ3n) is 4.53.